The van der Waals surface area contributed by atoms with Crippen molar-refractivity contribution < 1.29 is 25.0 Å². The van der Waals surface area contributed by atoms with E-state index in [1.165, 1.54) is 0 Å². The summed E-state index contributed by atoms with van der Waals surface area (Å²) in [6, 6.07) is 2.91. The van der Waals surface area contributed by atoms with Gasteiger partial charge < -0.3 is 15.3 Å². The summed E-state index contributed by atoms with van der Waals surface area (Å²) in [6.45, 7) is -0.0793. The van der Waals surface area contributed by atoms with E-state index < -0.39 is 34.4 Å². The molecule has 0 aliphatic rings. The van der Waals surface area contributed by atoms with Crippen molar-refractivity contribution in [1.29, 1.82) is 0 Å². The van der Waals surface area contributed by atoms with Gasteiger partial charge in [-0.15, -0.1) is 0 Å². The summed E-state index contributed by atoms with van der Waals surface area (Å²) in [5.41, 5.74) is 7.04. The van der Waals surface area contributed by atoms with E-state index in [1.54, 1.807) is 0 Å². The van der Waals surface area contributed by atoms with Crippen molar-refractivity contribution in [1.82, 2.24) is 0 Å². The summed E-state index contributed by atoms with van der Waals surface area (Å²) in [5.74, 6) is -1.46. The van der Waals surface area contributed by atoms with Crippen LogP contribution in [0.3, 0.4) is 0 Å². The normalized spacial score (nSPS) is 13.0. The Morgan fingerprint density at radius 3 is 2.67 bits per heavy atom. The minimum atomic E-state index is -1.56. The van der Waals surface area contributed by atoms with Crippen LogP contribution in [0.4, 0.5) is 5.69 Å². The van der Waals surface area contributed by atoms with Gasteiger partial charge >= 0.3 is 5.97 Å². The standard InChI is InChI=1S/C11H12N4O6/c12-14-13-4-3-9(16)10(17)7-2-1-6(15(20)21)5-8(7)11(18)19/h1-2,5,9-10,16-17H,3-4H2,(H,18,19). The average molecular weight is 296 g/mol. The lowest BCUT2D eigenvalue weighted by molar-refractivity contribution is -0.384. The molecule has 3 N–H and O–H groups in total. The molecular formula is C11H12N4O6. The van der Waals surface area contributed by atoms with Gasteiger partial charge in [0.2, 0.25) is 0 Å². The average Bonchev–Trinajstić information content (AvgIpc) is 2.45. The predicted molar refractivity (Wildman–Crippen MR) is 69.7 cm³/mol. The molecule has 2 unspecified atom stereocenters. The highest BCUT2D eigenvalue weighted by Gasteiger charge is 2.25. The lowest BCUT2D eigenvalue weighted by Crippen LogP contribution is -2.21. The van der Waals surface area contributed by atoms with Gasteiger partial charge in [-0.1, -0.05) is 5.11 Å². The zero-order valence-corrected chi connectivity index (χ0v) is 10.7. The van der Waals surface area contributed by atoms with Crippen molar-refractivity contribution in [3.05, 3.63) is 49.9 Å². The Labute approximate surface area is 118 Å². The number of rotatable bonds is 7. The second-order valence-corrected chi connectivity index (χ2v) is 4.09. The molecule has 0 spiro atoms. The number of benzene rings is 1. The molecule has 10 nitrogen and oxygen atoms in total. The van der Waals surface area contributed by atoms with Crippen LogP contribution in [0.5, 0.6) is 0 Å². The first-order valence-corrected chi connectivity index (χ1v) is 5.77. The first-order valence-electron chi connectivity index (χ1n) is 5.77. The van der Waals surface area contributed by atoms with E-state index in [1.807, 2.05) is 0 Å². The molecule has 0 aromatic heterocycles. The van der Waals surface area contributed by atoms with E-state index in [0.717, 1.165) is 18.2 Å². The molecule has 112 valence electrons. The molecule has 2 atom stereocenters. The van der Waals surface area contributed by atoms with E-state index in [9.17, 15) is 25.1 Å². The zero-order valence-electron chi connectivity index (χ0n) is 10.7. The molecule has 0 aliphatic heterocycles. The molecule has 0 fully saturated rings. The Morgan fingerprint density at radius 2 is 2.14 bits per heavy atom. The summed E-state index contributed by atoms with van der Waals surface area (Å²) < 4.78 is 0. The van der Waals surface area contributed by atoms with E-state index in [2.05, 4.69) is 10.0 Å². The van der Waals surface area contributed by atoms with Crippen LogP contribution >= 0.6 is 0 Å². The summed E-state index contributed by atoms with van der Waals surface area (Å²) in [6.07, 6.45) is -3.01. The number of nitrogens with zero attached hydrogens (tertiary/aromatic N) is 4. The number of aliphatic hydroxyl groups excluding tert-OH is 2. The number of non-ortho nitro benzene ring substituents is 1. The number of nitro benzene ring substituents is 1. The highest BCUT2D eigenvalue weighted by atomic mass is 16.6. The van der Waals surface area contributed by atoms with Crippen LogP contribution in [0.1, 0.15) is 28.4 Å². The van der Waals surface area contributed by atoms with Gasteiger partial charge in [0.1, 0.15) is 6.10 Å². The maximum atomic E-state index is 11.1. The monoisotopic (exact) mass is 296 g/mol. The first-order chi connectivity index (χ1) is 9.88. The molecule has 0 heterocycles. The molecule has 21 heavy (non-hydrogen) atoms. The van der Waals surface area contributed by atoms with Gasteiger partial charge in [-0.25, -0.2) is 4.79 Å². The molecule has 0 aliphatic carbocycles. The molecule has 1 aromatic rings. The first kappa shape index (κ1) is 16.4. The third kappa shape index (κ3) is 4.14. The van der Waals surface area contributed by atoms with Crippen LogP contribution in [-0.2, 0) is 0 Å². The van der Waals surface area contributed by atoms with Gasteiger partial charge in [-0.2, -0.15) is 0 Å². The van der Waals surface area contributed by atoms with Crippen LogP contribution < -0.4 is 0 Å². The minimum Gasteiger partial charge on any atom is -0.478 e. The maximum absolute atomic E-state index is 11.1. The lowest BCUT2D eigenvalue weighted by atomic mass is 9.96. The van der Waals surface area contributed by atoms with Gasteiger partial charge in [0.25, 0.3) is 5.69 Å². The Bertz CT molecular complexity index is 598. The molecule has 0 bridgehead atoms. The fourth-order valence-corrected chi connectivity index (χ4v) is 1.70. The SMILES string of the molecule is [N-]=[N+]=NCCC(O)C(O)c1ccc([N+](=O)[O-])cc1C(=O)O. The van der Waals surface area contributed by atoms with Crippen LogP contribution in [0.15, 0.2) is 23.3 Å². The van der Waals surface area contributed by atoms with Crippen molar-refractivity contribution in [3.8, 4) is 0 Å². The predicted octanol–water partition coefficient (Wildman–Crippen LogP) is 1.39. The Kier molecular flexibility index (Phi) is 5.61. The molecule has 10 heteroatoms. The Hall–Kier alpha value is -2.68. The van der Waals surface area contributed by atoms with Gasteiger partial charge in [-0.3, -0.25) is 10.1 Å². The number of hydrogen-bond donors (Lipinski definition) is 3. The van der Waals surface area contributed by atoms with E-state index in [0.29, 0.717) is 0 Å². The molecular weight excluding hydrogens is 284 g/mol. The number of carbonyl (C=O) groups is 1. The van der Waals surface area contributed by atoms with Crippen molar-refractivity contribution in [2.24, 2.45) is 5.11 Å². The van der Waals surface area contributed by atoms with Crippen LogP contribution in [0.25, 0.3) is 10.4 Å². The largest absolute Gasteiger partial charge is 0.478 e. The van der Waals surface area contributed by atoms with Crippen molar-refractivity contribution >= 4 is 11.7 Å². The number of hydrogen-bond acceptors (Lipinski definition) is 6. The van der Waals surface area contributed by atoms with Gasteiger partial charge in [0, 0.05) is 23.6 Å². The molecule has 0 radical (unpaired) electrons. The number of aromatic carboxylic acids is 1. The molecule has 0 saturated heterocycles. The maximum Gasteiger partial charge on any atom is 0.336 e. The minimum absolute atomic E-state index is 0.0793. The second-order valence-electron chi connectivity index (χ2n) is 4.09. The smallest absolute Gasteiger partial charge is 0.336 e. The fraction of sp³-hybridized carbons (Fsp3) is 0.364. The number of nitro groups is 1. The third-order valence-corrected chi connectivity index (χ3v) is 2.75. The lowest BCUT2D eigenvalue weighted by Gasteiger charge is -2.19. The summed E-state index contributed by atoms with van der Waals surface area (Å²) in [4.78, 5) is 23.4. The third-order valence-electron chi connectivity index (χ3n) is 2.75. The quantitative estimate of drug-likeness (QED) is 0.225. The van der Waals surface area contributed by atoms with Gasteiger partial charge in [-0.05, 0) is 23.6 Å². The van der Waals surface area contributed by atoms with E-state index in [-0.39, 0.29) is 18.5 Å². The molecule has 0 amide bonds. The molecule has 1 aromatic carbocycles. The molecule has 0 saturated carbocycles. The summed E-state index contributed by atoms with van der Waals surface area (Å²) >= 11 is 0. The topological polar surface area (TPSA) is 170 Å². The van der Waals surface area contributed by atoms with Crippen molar-refractivity contribution in [3.63, 3.8) is 0 Å². The van der Waals surface area contributed by atoms with Gasteiger partial charge in [0.05, 0.1) is 16.6 Å². The van der Waals surface area contributed by atoms with Crippen molar-refractivity contribution in [2.75, 3.05) is 6.54 Å². The van der Waals surface area contributed by atoms with E-state index >= 15 is 0 Å². The number of azide groups is 1. The van der Waals surface area contributed by atoms with Crippen LogP contribution in [0, 0.1) is 10.1 Å². The van der Waals surface area contributed by atoms with Crippen LogP contribution in [0.2, 0.25) is 0 Å². The number of carboxylic acids is 1. The zero-order chi connectivity index (χ0) is 16.0. The summed E-state index contributed by atoms with van der Waals surface area (Å²) in [7, 11) is 0. The second kappa shape index (κ2) is 7.20. The highest BCUT2D eigenvalue weighted by Crippen LogP contribution is 2.26. The summed E-state index contributed by atoms with van der Waals surface area (Å²) in [5, 5.41) is 42.5. The number of aliphatic hydroxyl groups is 2. The Balaban J connectivity index is 3.07. The Morgan fingerprint density at radius 1 is 1.48 bits per heavy atom. The van der Waals surface area contributed by atoms with E-state index in [4.69, 9.17) is 10.6 Å². The highest BCUT2D eigenvalue weighted by molar-refractivity contribution is 5.90. The van der Waals surface area contributed by atoms with Crippen LogP contribution in [-0.4, -0.2) is 38.9 Å². The fourth-order valence-electron chi connectivity index (χ4n) is 1.70. The number of carboxylic acid groups (broad SMARTS) is 1. The molecule has 1 rings (SSSR count). The van der Waals surface area contributed by atoms with Crippen molar-refractivity contribution in [2.45, 2.75) is 18.6 Å². The van der Waals surface area contributed by atoms with Gasteiger partial charge in [0.15, 0.2) is 0 Å².